The summed E-state index contributed by atoms with van der Waals surface area (Å²) in [4.78, 5) is 34.8. The Labute approximate surface area is 270 Å². The summed E-state index contributed by atoms with van der Waals surface area (Å²) in [7, 11) is 0. The monoisotopic (exact) mass is 626 g/mol. The predicted molar refractivity (Wildman–Crippen MR) is 172 cm³/mol. The summed E-state index contributed by atoms with van der Waals surface area (Å²) < 4.78 is 21.8. The van der Waals surface area contributed by atoms with Crippen LogP contribution in [0.25, 0.3) is 0 Å². The van der Waals surface area contributed by atoms with Gasteiger partial charge in [-0.3, -0.25) is 19.4 Å². The lowest BCUT2D eigenvalue weighted by molar-refractivity contribution is -0.133. The Kier molecular flexibility index (Phi) is 9.25. The summed E-state index contributed by atoms with van der Waals surface area (Å²) >= 11 is 0. The number of carbonyl (C=O) groups excluding carboxylic acids is 2. The average Bonchev–Trinajstić information content (AvgIpc) is 3.76. The van der Waals surface area contributed by atoms with Gasteiger partial charge in [-0.2, -0.15) is 0 Å². The highest BCUT2D eigenvalue weighted by Gasteiger charge is 2.24. The number of ether oxygens (including phenoxy) is 4. The maximum atomic E-state index is 13.0. The lowest BCUT2D eigenvalue weighted by atomic mass is 10.0. The molecule has 0 saturated carbocycles. The highest BCUT2D eigenvalue weighted by molar-refractivity contribution is 5.77. The first-order valence-corrected chi connectivity index (χ1v) is 16.4. The topological polar surface area (TPSA) is 84.0 Å². The average molecular weight is 627 g/mol. The van der Waals surface area contributed by atoms with Crippen LogP contribution in [0.5, 0.6) is 23.0 Å². The Morgan fingerprint density at radius 3 is 1.39 bits per heavy atom. The molecule has 7 rings (SSSR count). The Balaban J connectivity index is 0.805. The van der Waals surface area contributed by atoms with Gasteiger partial charge in [0, 0.05) is 78.3 Å². The van der Waals surface area contributed by atoms with Gasteiger partial charge in [-0.15, -0.1) is 0 Å². The summed E-state index contributed by atoms with van der Waals surface area (Å²) in [5.74, 6) is 3.65. The second-order valence-corrected chi connectivity index (χ2v) is 12.5. The van der Waals surface area contributed by atoms with Crippen LogP contribution >= 0.6 is 0 Å². The van der Waals surface area contributed by atoms with Gasteiger partial charge in [0.1, 0.15) is 0 Å². The zero-order valence-electron chi connectivity index (χ0n) is 26.3. The molecule has 10 nitrogen and oxygen atoms in total. The summed E-state index contributed by atoms with van der Waals surface area (Å²) in [6, 6.07) is 20.6. The second-order valence-electron chi connectivity index (χ2n) is 12.5. The van der Waals surface area contributed by atoms with Crippen molar-refractivity contribution in [1.82, 2.24) is 19.6 Å². The minimum Gasteiger partial charge on any atom is -0.454 e. The van der Waals surface area contributed by atoms with Gasteiger partial charge in [0.05, 0.1) is 0 Å². The molecule has 0 N–H and O–H groups in total. The Morgan fingerprint density at radius 2 is 0.935 bits per heavy atom. The number of aryl methyl sites for hydroxylation is 2. The molecule has 4 aliphatic heterocycles. The third-order valence-corrected chi connectivity index (χ3v) is 9.38. The minimum absolute atomic E-state index is 0.209. The molecule has 2 saturated heterocycles. The molecule has 46 heavy (non-hydrogen) atoms. The van der Waals surface area contributed by atoms with Crippen LogP contribution in [-0.4, -0.2) is 97.4 Å². The van der Waals surface area contributed by atoms with Crippen molar-refractivity contribution in [2.75, 3.05) is 65.9 Å². The van der Waals surface area contributed by atoms with Crippen LogP contribution in [0.15, 0.2) is 60.7 Å². The predicted octanol–water partition coefficient (Wildman–Crippen LogP) is 3.70. The first-order valence-electron chi connectivity index (χ1n) is 16.4. The first kappa shape index (κ1) is 30.4. The lowest BCUT2D eigenvalue weighted by Crippen LogP contribution is -2.48. The quantitative estimate of drug-likeness (QED) is 0.337. The Bertz CT molecular complexity index is 1440. The van der Waals surface area contributed by atoms with Crippen LogP contribution in [0.2, 0.25) is 0 Å². The largest absolute Gasteiger partial charge is 0.454 e. The van der Waals surface area contributed by atoms with Crippen molar-refractivity contribution in [2.24, 2.45) is 0 Å². The summed E-state index contributed by atoms with van der Waals surface area (Å²) in [5.41, 5.74) is 4.69. The van der Waals surface area contributed by atoms with E-state index in [1.807, 2.05) is 28.0 Å². The second kappa shape index (κ2) is 14.0. The van der Waals surface area contributed by atoms with E-state index in [4.69, 9.17) is 18.9 Å². The molecule has 2 fully saturated rings. The molecule has 0 unspecified atom stereocenters. The third kappa shape index (κ3) is 7.40. The van der Waals surface area contributed by atoms with Gasteiger partial charge in [0.2, 0.25) is 25.4 Å². The van der Waals surface area contributed by atoms with E-state index < -0.39 is 0 Å². The number of fused-ring (bicyclic) bond motifs is 2. The fourth-order valence-corrected chi connectivity index (χ4v) is 6.67. The Hall–Kier alpha value is -4.28. The molecule has 3 aromatic rings. The molecule has 0 aliphatic carbocycles. The molecule has 0 aromatic heterocycles. The van der Waals surface area contributed by atoms with Crippen LogP contribution in [-0.2, 0) is 35.5 Å². The van der Waals surface area contributed by atoms with E-state index in [9.17, 15) is 9.59 Å². The maximum Gasteiger partial charge on any atom is 0.231 e. The standard InChI is InChI=1S/C36H42N4O6/c41-35(39-16-12-37(13-17-39)23-29-4-8-31-33(21-29)45-25-43-31)10-6-27-2-1-3-28(20-27)7-11-36(42)40-18-14-38(15-19-40)24-30-5-9-32-34(22-30)46-26-44-32/h1-5,8-9,20-22H,6-7,10-19,23-26H2. The van der Waals surface area contributed by atoms with Crippen molar-refractivity contribution in [3.05, 3.63) is 82.9 Å². The maximum absolute atomic E-state index is 13.0. The third-order valence-electron chi connectivity index (χ3n) is 9.38. The summed E-state index contributed by atoms with van der Waals surface area (Å²) in [6.07, 6.45) is 2.43. The van der Waals surface area contributed by atoms with Gasteiger partial charge in [0.25, 0.3) is 0 Å². The van der Waals surface area contributed by atoms with E-state index in [0.29, 0.717) is 25.7 Å². The first-order chi connectivity index (χ1) is 22.6. The van der Waals surface area contributed by atoms with Crippen LogP contribution in [0, 0.1) is 0 Å². The molecular formula is C36H42N4O6. The van der Waals surface area contributed by atoms with E-state index >= 15 is 0 Å². The van der Waals surface area contributed by atoms with Gasteiger partial charge >= 0.3 is 0 Å². The van der Waals surface area contributed by atoms with Gasteiger partial charge in [-0.1, -0.05) is 36.4 Å². The molecule has 10 heteroatoms. The zero-order valence-corrected chi connectivity index (χ0v) is 26.3. The van der Waals surface area contributed by atoms with Crippen molar-refractivity contribution >= 4 is 11.8 Å². The molecule has 0 spiro atoms. The number of piperazine rings is 2. The summed E-state index contributed by atoms with van der Waals surface area (Å²) in [5, 5.41) is 0. The van der Waals surface area contributed by atoms with E-state index in [2.05, 4.69) is 52.3 Å². The number of amides is 2. The van der Waals surface area contributed by atoms with Crippen molar-refractivity contribution < 1.29 is 28.5 Å². The van der Waals surface area contributed by atoms with Crippen molar-refractivity contribution in [2.45, 2.75) is 38.8 Å². The molecule has 0 bridgehead atoms. The van der Waals surface area contributed by atoms with Crippen LogP contribution in [0.4, 0.5) is 0 Å². The fraction of sp³-hybridized carbons (Fsp3) is 0.444. The van der Waals surface area contributed by atoms with Crippen LogP contribution in [0.1, 0.15) is 35.1 Å². The normalized spacial score (nSPS) is 17.8. The Morgan fingerprint density at radius 1 is 0.500 bits per heavy atom. The zero-order chi connectivity index (χ0) is 31.3. The van der Waals surface area contributed by atoms with Crippen molar-refractivity contribution in [3.63, 3.8) is 0 Å². The summed E-state index contributed by atoms with van der Waals surface area (Å²) in [6.45, 7) is 8.68. The van der Waals surface area contributed by atoms with Gasteiger partial charge in [0.15, 0.2) is 23.0 Å². The number of rotatable bonds is 10. The smallest absolute Gasteiger partial charge is 0.231 e. The highest BCUT2D eigenvalue weighted by atomic mass is 16.7. The van der Waals surface area contributed by atoms with Crippen LogP contribution in [0.3, 0.4) is 0 Å². The van der Waals surface area contributed by atoms with E-state index in [0.717, 1.165) is 99.6 Å². The van der Waals surface area contributed by atoms with E-state index in [1.165, 1.54) is 11.1 Å². The minimum atomic E-state index is 0.209. The SMILES string of the molecule is O=C(CCc1cccc(CCC(=O)N2CCN(Cc3ccc4c(c3)OCO4)CC2)c1)N1CCN(Cc2ccc3c(c2)OCO3)CC1. The van der Waals surface area contributed by atoms with Gasteiger partial charge in [-0.25, -0.2) is 0 Å². The van der Waals surface area contributed by atoms with E-state index in [-0.39, 0.29) is 25.4 Å². The van der Waals surface area contributed by atoms with Gasteiger partial charge < -0.3 is 28.7 Å². The number of hydrogen-bond donors (Lipinski definition) is 0. The number of benzene rings is 3. The molecule has 2 amide bonds. The molecular weight excluding hydrogens is 584 g/mol. The van der Waals surface area contributed by atoms with Crippen molar-refractivity contribution in [3.8, 4) is 23.0 Å². The highest BCUT2D eigenvalue weighted by Crippen LogP contribution is 2.34. The molecule has 242 valence electrons. The van der Waals surface area contributed by atoms with Crippen LogP contribution < -0.4 is 18.9 Å². The number of carbonyl (C=O) groups is 2. The number of hydrogen-bond acceptors (Lipinski definition) is 8. The van der Waals surface area contributed by atoms with Crippen molar-refractivity contribution in [1.29, 1.82) is 0 Å². The fourth-order valence-electron chi connectivity index (χ4n) is 6.67. The molecule has 4 aliphatic rings. The number of nitrogens with zero attached hydrogens (tertiary/aromatic N) is 4. The molecule has 0 atom stereocenters. The molecule has 0 radical (unpaired) electrons. The van der Waals surface area contributed by atoms with Gasteiger partial charge in [-0.05, 0) is 59.4 Å². The van der Waals surface area contributed by atoms with E-state index in [1.54, 1.807) is 0 Å². The molecule has 4 heterocycles. The molecule has 3 aromatic carbocycles. The lowest BCUT2D eigenvalue weighted by Gasteiger charge is -2.35.